The van der Waals surface area contributed by atoms with Crippen molar-refractivity contribution in [3.63, 3.8) is 0 Å². The lowest BCUT2D eigenvalue weighted by atomic mass is 10.1. The molecule has 2 heterocycles. The fourth-order valence-electron chi connectivity index (χ4n) is 2.73. The lowest BCUT2D eigenvalue weighted by Crippen LogP contribution is -2.50. The van der Waals surface area contributed by atoms with Crippen LogP contribution in [0, 0.1) is 0 Å². The molecule has 130 valence electrons. The summed E-state index contributed by atoms with van der Waals surface area (Å²) in [6, 6.07) is 7.98. The third kappa shape index (κ3) is 3.55. The van der Waals surface area contributed by atoms with Gasteiger partial charge in [-0.05, 0) is 30.3 Å². The molecule has 0 bridgehead atoms. The van der Waals surface area contributed by atoms with Gasteiger partial charge in [-0.2, -0.15) is 0 Å². The van der Waals surface area contributed by atoms with Gasteiger partial charge in [0.05, 0.1) is 24.5 Å². The average molecular weight is 342 g/mol. The number of carbonyl (C=O) groups is 3. The molecule has 0 atom stereocenters. The molecule has 0 N–H and O–H groups in total. The lowest BCUT2D eigenvalue weighted by molar-refractivity contribution is 0.0535. The molecule has 0 saturated carbocycles. The smallest absolute Gasteiger partial charge is 0.337 e. The number of amides is 2. The molecule has 3 rings (SSSR count). The van der Waals surface area contributed by atoms with E-state index in [-0.39, 0.29) is 11.8 Å². The number of rotatable bonds is 3. The van der Waals surface area contributed by atoms with Crippen LogP contribution in [0.15, 0.2) is 47.3 Å². The fourth-order valence-corrected chi connectivity index (χ4v) is 2.73. The van der Waals surface area contributed by atoms with E-state index in [1.165, 1.54) is 19.6 Å². The maximum atomic E-state index is 12.5. The Kier molecular flexibility index (Phi) is 4.83. The van der Waals surface area contributed by atoms with E-state index in [2.05, 4.69) is 4.74 Å². The van der Waals surface area contributed by atoms with Gasteiger partial charge < -0.3 is 19.0 Å². The van der Waals surface area contributed by atoms with Crippen LogP contribution in [0.3, 0.4) is 0 Å². The number of esters is 1. The van der Waals surface area contributed by atoms with Crippen LogP contribution in [0.4, 0.5) is 0 Å². The molecule has 2 aromatic rings. The molecule has 1 aromatic carbocycles. The number of ether oxygens (including phenoxy) is 1. The monoisotopic (exact) mass is 342 g/mol. The van der Waals surface area contributed by atoms with Crippen molar-refractivity contribution in [2.24, 2.45) is 0 Å². The topological polar surface area (TPSA) is 80.1 Å². The Labute approximate surface area is 144 Å². The maximum absolute atomic E-state index is 12.5. The van der Waals surface area contributed by atoms with E-state index >= 15 is 0 Å². The van der Waals surface area contributed by atoms with E-state index in [0.29, 0.717) is 42.9 Å². The first-order chi connectivity index (χ1) is 12.1. The number of hydrogen-bond acceptors (Lipinski definition) is 5. The predicted molar refractivity (Wildman–Crippen MR) is 88.3 cm³/mol. The summed E-state index contributed by atoms with van der Waals surface area (Å²) >= 11 is 0. The van der Waals surface area contributed by atoms with E-state index in [4.69, 9.17) is 4.42 Å². The summed E-state index contributed by atoms with van der Waals surface area (Å²) in [4.78, 5) is 39.6. The first kappa shape index (κ1) is 16.8. The van der Waals surface area contributed by atoms with Crippen LogP contribution in [0.5, 0.6) is 0 Å². The van der Waals surface area contributed by atoms with E-state index in [9.17, 15) is 14.4 Å². The van der Waals surface area contributed by atoms with Crippen LogP contribution in [-0.4, -0.2) is 60.9 Å². The Morgan fingerprint density at radius 3 is 1.84 bits per heavy atom. The standard InChI is InChI=1S/C18H18N2O5/c1-24-18(23)14-4-2-13(3-5-14)16(21)19-7-9-20(10-8-19)17(22)15-6-11-25-12-15/h2-6,11-12H,7-10H2,1H3. The number of nitrogens with zero attached hydrogens (tertiary/aromatic N) is 2. The van der Waals surface area contributed by atoms with Crippen molar-refractivity contribution in [1.29, 1.82) is 0 Å². The molecule has 2 amide bonds. The molecule has 25 heavy (non-hydrogen) atoms. The Morgan fingerprint density at radius 1 is 0.840 bits per heavy atom. The van der Waals surface area contributed by atoms with Crippen LogP contribution in [-0.2, 0) is 4.74 Å². The molecule has 0 radical (unpaired) electrons. The Hall–Kier alpha value is -3.09. The minimum atomic E-state index is -0.439. The van der Waals surface area contributed by atoms with Crippen molar-refractivity contribution in [3.8, 4) is 0 Å². The molecule has 0 spiro atoms. The molecule has 7 heteroatoms. The quantitative estimate of drug-likeness (QED) is 0.793. The van der Waals surface area contributed by atoms with Gasteiger partial charge in [-0.15, -0.1) is 0 Å². The molecular weight excluding hydrogens is 324 g/mol. The molecule has 7 nitrogen and oxygen atoms in total. The van der Waals surface area contributed by atoms with E-state index in [1.807, 2.05) is 0 Å². The SMILES string of the molecule is COC(=O)c1ccc(C(=O)N2CCN(C(=O)c3ccoc3)CC2)cc1. The van der Waals surface area contributed by atoms with Crippen LogP contribution < -0.4 is 0 Å². The Morgan fingerprint density at radius 2 is 1.36 bits per heavy atom. The second-order valence-corrected chi connectivity index (χ2v) is 5.67. The van der Waals surface area contributed by atoms with E-state index in [0.717, 1.165) is 0 Å². The molecule has 1 aliphatic heterocycles. The van der Waals surface area contributed by atoms with Crippen molar-refractivity contribution in [2.75, 3.05) is 33.3 Å². The van der Waals surface area contributed by atoms with Crippen molar-refractivity contribution in [3.05, 3.63) is 59.5 Å². The predicted octanol–water partition coefficient (Wildman–Crippen LogP) is 1.66. The highest BCUT2D eigenvalue weighted by Crippen LogP contribution is 2.13. The molecule has 1 fully saturated rings. The maximum Gasteiger partial charge on any atom is 0.337 e. The summed E-state index contributed by atoms with van der Waals surface area (Å²) in [7, 11) is 1.31. The van der Waals surface area contributed by atoms with Gasteiger partial charge in [-0.1, -0.05) is 0 Å². The van der Waals surface area contributed by atoms with Crippen LogP contribution in [0.25, 0.3) is 0 Å². The first-order valence-corrected chi connectivity index (χ1v) is 7.89. The van der Waals surface area contributed by atoms with Crippen molar-refractivity contribution in [2.45, 2.75) is 0 Å². The molecule has 1 saturated heterocycles. The van der Waals surface area contributed by atoms with Gasteiger partial charge >= 0.3 is 5.97 Å². The van der Waals surface area contributed by atoms with Gasteiger partial charge in [0.15, 0.2) is 0 Å². The highest BCUT2D eigenvalue weighted by atomic mass is 16.5. The second-order valence-electron chi connectivity index (χ2n) is 5.67. The summed E-state index contributed by atoms with van der Waals surface area (Å²) in [6.45, 7) is 1.86. The van der Waals surface area contributed by atoms with Crippen LogP contribution in [0.1, 0.15) is 31.1 Å². The van der Waals surface area contributed by atoms with Gasteiger partial charge in [0.1, 0.15) is 6.26 Å². The largest absolute Gasteiger partial charge is 0.472 e. The Bertz CT molecular complexity index is 759. The van der Waals surface area contributed by atoms with Gasteiger partial charge in [0.25, 0.3) is 11.8 Å². The highest BCUT2D eigenvalue weighted by Gasteiger charge is 2.26. The lowest BCUT2D eigenvalue weighted by Gasteiger charge is -2.34. The number of benzene rings is 1. The normalized spacial score (nSPS) is 14.3. The molecule has 1 aromatic heterocycles. The van der Waals surface area contributed by atoms with E-state index < -0.39 is 5.97 Å². The van der Waals surface area contributed by atoms with Gasteiger partial charge in [0.2, 0.25) is 0 Å². The first-order valence-electron chi connectivity index (χ1n) is 7.89. The summed E-state index contributed by atoms with van der Waals surface area (Å²) in [5.41, 5.74) is 1.41. The summed E-state index contributed by atoms with van der Waals surface area (Å²) in [6.07, 6.45) is 2.88. The molecule has 0 aliphatic carbocycles. The van der Waals surface area contributed by atoms with Crippen LogP contribution in [0.2, 0.25) is 0 Å². The van der Waals surface area contributed by atoms with Crippen LogP contribution >= 0.6 is 0 Å². The van der Waals surface area contributed by atoms with Gasteiger partial charge in [0, 0.05) is 31.7 Å². The summed E-state index contributed by atoms with van der Waals surface area (Å²) in [5, 5.41) is 0. The average Bonchev–Trinajstić information content (AvgIpc) is 3.21. The third-order valence-corrected chi connectivity index (χ3v) is 4.18. The second kappa shape index (κ2) is 7.21. The zero-order valence-electron chi connectivity index (χ0n) is 13.8. The number of furan rings is 1. The minimum Gasteiger partial charge on any atom is -0.472 e. The number of carbonyl (C=O) groups excluding carboxylic acids is 3. The van der Waals surface area contributed by atoms with Gasteiger partial charge in [-0.25, -0.2) is 4.79 Å². The zero-order chi connectivity index (χ0) is 17.8. The molecule has 1 aliphatic rings. The molecular formula is C18H18N2O5. The van der Waals surface area contributed by atoms with Gasteiger partial charge in [-0.3, -0.25) is 9.59 Å². The van der Waals surface area contributed by atoms with Crippen molar-refractivity contribution in [1.82, 2.24) is 9.80 Å². The summed E-state index contributed by atoms with van der Waals surface area (Å²) in [5.74, 6) is -0.652. The van der Waals surface area contributed by atoms with Crippen molar-refractivity contribution >= 4 is 17.8 Å². The minimum absolute atomic E-state index is 0.0942. The summed E-state index contributed by atoms with van der Waals surface area (Å²) < 4.78 is 9.57. The molecule has 0 unspecified atom stereocenters. The third-order valence-electron chi connectivity index (χ3n) is 4.18. The Balaban J connectivity index is 1.60. The fraction of sp³-hybridized carbons (Fsp3) is 0.278. The number of methoxy groups -OCH3 is 1. The highest BCUT2D eigenvalue weighted by molar-refractivity contribution is 5.97. The number of piperazine rings is 1. The number of hydrogen-bond donors (Lipinski definition) is 0. The zero-order valence-corrected chi connectivity index (χ0v) is 13.8. The van der Waals surface area contributed by atoms with E-state index in [1.54, 1.807) is 40.1 Å². The van der Waals surface area contributed by atoms with Crippen molar-refractivity contribution < 1.29 is 23.5 Å².